The van der Waals surface area contributed by atoms with E-state index in [1.54, 1.807) is 24.0 Å². The third-order valence-corrected chi connectivity index (χ3v) is 4.02. The average Bonchev–Trinajstić information content (AvgIpc) is 3.16. The Morgan fingerprint density at radius 3 is 2.65 bits per heavy atom. The number of imidazole rings is 1. The van der Waals surface area contributed by atoms with Gasteiger partial charge >= 0.3 is 0 Å². The lowest BCUT2D eigenvalue weighted by Gasteiger charge is -2.17. The fraction of sp³-hybridized carbons (Fsp3) is 0.316. The predicted octanol–water partition coefficient (Wildman–Crippen LogP) is 3.10. The third-order valence-electron chi connectivity index (χ3n) is 4.02. The summed E-state index contributed by atoms with van der Waals surface area (Å²) in [6.45, 7) is 7.56. The van der Waals surface area contributed by atoms with E-state index in [1.165, 1.54) is 0 Å². The number of amides is 1. The minimum absolute atomic E-state index is 0.0696. The van der Waals surface area contributed by atoms with E-state index in [0.29, 0.717) is 11.4 Å². The number of hydrogen-bond donors (Lipinski definition) is 1. The molecule has 1 N–H and O–H groups in total. The zero-order valence-corrected chi connectivity index (χ0v) is 16.0. The van der Waals surface area contributed by atoms with Gasteiger partial charge in [0.15, 0.2) is 5.82 Å². The SMILES string of the molecule is C=C/C=C\C=C/C(C)n1cc(NC(=O)c2cnn(C)c2C)nc1N(C)C. The molecule has 2 aromatic rings. The summed E-state index contributed by atoms with van der Waals surface area (Å²) in [6, 6.07) is 0.0696. The number of nitrogens with zero attached hydrogens (tertiary/aromatic N) is 5. The minimum Gasteiger partial charge on any atom is -0.348 e. The molecule has 138 valence electrons. The first-order valence-corrected chi connectivity index (χ1v) is 8.37. The Kier molecular flexibility index (Phi) is 6.16. The second-order valence-electron chi connectivity index (χ2n) is 6.20. The number of anilines is 2. The summed E-state index contributed by atoms with van der Waals surface area (Å²) >= 11 is 0. The molecule has 0 bridgehead atoms. The second-order valence-corrected chi connectivity index (χ2v) is 6.20. The molecule has 7 heteroatoms. The first-order chi connectivity index (χ1) is 12.3. The zero-order chi connectivity index (χ0) is 19.3. The van der Waals surface area contributed by atoms with E-state index in [1.807, 2.05) is 61.0 Å². The summed E-state index contributed by atoms with van der Waals surface area (Å²) in [6.07, 6.45) is 12.9. The summed E-state index contributed by atoms with van der Waals surface area (Å²) in [5, 5.41) is 6.96. The Morgan fingerprint density at radius 1 is 1.35 bits per heavy atom. The second kappa shape index (κ2) is 8.33. The molecule has 0 radical (unpaired) electrons. The number of carbonyl (C=O) groups excluding carboxylic acids is 1. The van der Waals surface area contributed by atoms with Crippen LogP contribution in [0.1, 0.15) is 29.0 Å². The zero-order valence-electron chi connectivity index (χ0n) is 16.0. The lowest BCUT2D eigenvalue weighted by atomic mass is 10.2. The van der Waals surface area contributed by atoms with Crippen LogP contribution in [-0.2, 0) is 7.05 Å². The van der Waals surface area contributed by atoms with Crippen molar-refractivity contribution in [3.63, 3.8) is 0 Å². The first-order valence-electron chi connectivity index (χ1n) is 8.37. The number of hydrogen-bond acceptors (Lipinski definition) is 4. The van der Waals surface area contributed by atoms with Crippen LogP contribution >= 0.6 is 0 Å². The molecule has 2 rings (SSSR count). The summed E-state index contributed by atoms with van der Waals surface area (Å²) in [4.78, 5) is 18.9. The van der Waals surface area contributed by atoms with Gasteiger partial charge in [0.25, 0.3) is 5.91 Å². The van der Waals surface area contributed by atoms with Gasteiger partial charge in [-0.05, 0) is 13.8 Å². The molecule has 0 spiro atoms. The largest absolute Gasteiger partial charge is 0.348 e. The van der Waals surface area contributed by atoms with E-state index < -0.39 is 0 Å². The Labute approximate surface area is 154 Å². The van der Waals surface area contributed by atoms with Crippen LogP contribution in [0, 0.1) is 6.92 Å². The van der Waals surface area contributed by atoms with Gasteiger partial charge in [-0.1, -0.05) is 37.0 Å². The van der Waals surface area contributed by atoms with Gasteiger partial charge in [-0.2, -0.15) is 10.1 Å². The van der Waals surface area contributed by atoms with E-state index >= 15 is 0 Å². The molecule has 2 heterocycles. The van der Waals surface area contributed by atoms with Gasteiger partial charge in [-0.25, -0.2) is 0 Å². The molecule has 1 atom stereocenters. The Bertz CT molecular complexity index is 840. The van der Waals surface area contributed by atoms with Crippen LogP contribution < -0.4 is 10.2 Å². The summed E-state index contributed by atoms with van der Waals surface area (Å²) in [5.41, 5.74) is 1.34. The minimum atomic E-state index is -0.220. The van der Waals surface area contributed by atoms with Crippen molar-refractivity contribution in [2.45, 2.75) is 19.9 Å². The lowest BCUT2D eigenvalue weighted by Crippen LogP contribution is -2.16. The Hall–Kier alpha value is -3.09. The molecule has 0 saturated carbocycles. The van der Waals surface area contributed by atoms with Crippen LogP contribution in [0.2, 0.25) is 0 Å². The highest BCUT2D eigenvalue weighted by atomic mass is 16.1. The summed E-state index contributed by atoms with van der Waals surface area (Å²) in [7, 11) is 5.65. The molecule has 1 unspecified atom stereocenters. The molecular formula is C19H26N6O. The van der Waals surface area contributed by atoms with Crippen LogP contribution in [0.25, 0.3) is 0 Å². The topological polar surface area (TPSA) is 68.0 Å². The van der Waals surface area contributed by atoms with Gasteiger partial charge in [0, 0.05) is 26.8 Å². The van der Waals surface area contributed by atoms with Crippen molar-refractivity contribution >= 4 is 17.7 Å². The van der Waals surface area contributed by atoms with Crippen LogP contribution in [0.4, 0.5) is 11.8 Å². The summed E-state index contributed by atoms with van der Waals surface area (Å²) < 4.78 is 3.67. The molecule has 0 aliphatic rings. The number of nitrogens with one attached hydrogen (secondary N) is 1. The fourth-order valence-electron chi connectivity index (χ4n) is 2.44. The third kappa shape index (κ3) is 4.30. The molecule has 7 nitrogen and oxygen atoms in total. The van der Waals surface area contributed by atoms with Crippen molar-refractivity contribution in [2.75, 3.05) is 24.3 Å². The van der Waals surface area contributed by atoms with Gasteiger partial charge in [0.2, 0.25) is 5.95 Å². The number of aryl methyl sites for hydroxylation is 1. The van der Waals surface area contributed by atoms with Crippen LogP contribution in [0.3, 0.4) is 0 Å². The number of carbonyl (C=O) groups is 1. The maximum atomic E-state index is 12.5. The molecule has 0 aliphatic carbocycles. The predicted molar refractivity (Wildman–Crippen MR) is 106 cm³/mol. The fourth-order valence-corrected chi connectivity index (χ4v) is 2.44. The number of rotatable bonds is 7. The number of aromatic nitrogens is 4. The average molecular weight is 354 g/mol. The molecule has 26 heavy (non-hydrogen) atoms. The highest BCUT2D eigenvalue weighted by Crippen LogP contribution is 2.22. The molecule has 0 fully saturated rings. The van der Waals surface area contributed by atoms with E-state index in [9.17, 15) is 4.79 Å². The Balaban J connectivity index is 2.24. The van der Waals surface area contributed by atoms with Crippen molar-refractivity contribution in [1.82, 2.24) is 19.3 Å². The monoisotopic (exact) mass is 354 g/mol. The molecule has 0 aromatic carbocycles. The standard InChI is InChI=1S/C19H26N6O/c1-7-8-9-10-11-14(2)25-13-17(22-19(25)23(4)5)21-18(26)16-12-20-24(6)15(16)3/h7-14H,1H2,2-6H3,(H,21,26)/b9-8-,11-10-. The maximum Gasteiger partial charge on any atom is 0.260 e. The molecule has 2 aromatic heterocycles. The highest BCUT2D eigenvalue weighted by molar-refractivity contribution is 6.04. The van der Waals surface area contributed by atoms with E-state index in [2.05, 4.69) is 28.9 Å². The van der Waals surface area contributed by atoms with Crippen molar-refractivity contribution in [3.05, 3.63) is 60.6 Å². The van der Waals surface area contributed by atoms with Gasteiger partial charge in [0.1, 0.15) is 0 Å². The first kappa shape index (κ1) is 19.2. The van der Waals surface area contributed by atoms with Gasteiger partial charge in [0.05, 0.1) is 24.0 Å². The number of allylic oxidation sites excluding steroid dienone is 5. The van der Waals surface area contributed by atoms with Crippen molar-refractivity contribution in [2.24, 2.45) is 7.05 Å². The van der Waals surface area contributed by atoms with E-state index in [4.69, 9.17) is 0 Å². The normalized spacial score (nSPS) is 12.7. The van der Waals surface area contributed by atoms with Crippen molar-refractivity contribution in [3.8, 4) is 0 Å². The molecule has 1 amide bonds. The summed E-state index contributed by atoms with van der Waals surface area (Å²) in [5.74, 6) is 1.04. The smallest absolute Gasteiger partial charge is 0.260 e. The Morgan fingerprint density at radius 2 is 2.08 bits per heavy atom. The molecular weight excluding hydrogens is 328 g/mol. The van der Waals surface area contributed by atoms with Crippen molar-refractivity contribution in [1.29, 1.82) is 0 Å². The van der Waals surface area contributed by atoms with Gasteiger partial charge in [-0.3, -0.25) is 9.48 Å². The molecule has 0 saturated heterocycles. The van der Waals surface area contributed by atoms with Crippen LogP contribution in [0.5, 0.6) is 0 Å². The van der Waals surface area contributed by atoms with E-state index in [-0.39, 0.29) is 11.9 Å². The maximum absolute atomic E-state index is 12.5. The quantitative estimate of drug-likeness (QED) is 0.776. The van der Waals surface area contributed by atoms with Crippen LogP contribution in [-0.4, -0.2) is 39.3 Å². The lowest BCUT2D eigenvalue weighted by molar-refractivity contribution is 0.102. The van der Waals surface area contributed by atoms with Gasteiger partial charge in [-0.15, -0.1) is 0 Å². The van der Waals surface area contributed by atoms with E-state index in [0.717, 1.165) is 11.6 Å². The van der Waals surface area contributed by atoms with Crippen LogP contribution in [0.15, 0.2) is 49.4 Å². The van der Waals surface area contributed by atoms with Crippen molar-refractivity contribution < 1.29 is 4.79 Å². The molecule has 0 aliphatic heterocycles. The van der Waals surface area contributed by atoms with Gasteiger partial charge < -0.3 is 14.8 Å². The highest BCUT2D eigenvalue weighted by Gasteiger charge is 2.17.